The van der Waals surface area contributed by atoms with Gasteiger partial charge in [0, 0.05) is 29.4 Å². The lowest BCUT2D eigenvalue weighted by atomic mass is 10.2. The quantitative estimate of drug-likeness (QED) is 0.857. The van der Waals surface area contributed by atoms with Gasteiger partial charge in [0.2, 0.25) is 5.91 Å². The Morgan fingerprint density at radius 1 is 1.23 bits per heavy atom. The van der Waals surface area contributed by atoms with Crippen LogP contribution in [0.15, 0.2) is 41.8 Å². The maximum atomic E-state index is 11.9. The Morgan fingerprint density at radius 2 is 2.05 bits per heavy atom. The molecule has 3 rings (SSSR count). The number of rotatable bonds is 6. The van der Waals surface area contributed by atoms with Crippen molar-refractivity contribution < 1.29 is 9.53 Å². The molecule has 0 radical (unpaired) electrons. The van der Waals surface area contributed by atoms with E-state index in [4.69, 9.17) is 4.74 Å². The van der Waals surface area contributed by atoms with Crippen LogP contribution in [0.3, 0.4) is 0 Å². The molecule has 2 heterocycles. The zero-order valence-corrected chi connectivity index (χ0v) is 13.2. The number of thiophene rings is 1. The van der Waals surface area contributed by atoms with Gasteiger partial charge in [-0.25, -0.2) is 0 Å². The number of carbonyl (C=O) groups excluding carboxylic acids is 1. The minimum absolute atomic E-state index is 0.0162. The van der Waals surface area contributed by atoms with E-state index in [1.807, 2.05) is 41.8 Å². The van der Waals surface area contributed by atoms with E-state index in [-0.39, 0.29) is 5.91 Å². The van der Waals surface area contributed by atoms with E-state index in [1.165, 1.54) is 0 Å². The molecule has 2 N–H and O–H groups in total. The van der Waals surface area contributed by atoms with Gasteiger partial charge in [0.15, 0.2) is 0 Å². The summed E-state index contributed by atoms with van der Waals surface area (Å²) >= 11 is 1.60. The molecule has 1 aromatic carbocycles. The standard InChI is InChI=1S/C17H20N2O2S/c20-17(11-16-4-2-10-22-16)19-14-7-5-13(6-8-14)18-12-15-3-1-9-21-15/h2,4-8,10,15,18H,1,3,9,11-12H2,(H,19,20). The fourth-order valence-corrected chi connectivity index (χ4v) is 3.19. The molecule has 4 nitrogen and oxygen atoms in total. The summed E-state index contributed by atoms with van der Waals surface area (Å²) in [5.41, 5.74) is 1.87. The first-order valence-corrected chi connectivity index (χ1v) is 8.45. The second-order valence-corrected chi connectivity index (χ2v) is 6.43. The molecule has 0 spiro atoms. The van der Waals surface area contributed by atoms with Crippen molar-refractivity contribution in [1.82, 2.24) is 0 Å². The predicted octanol–water partition coefficient (Wildman–Crippen LogP) is 3.52. The third-order valence-electron chi connectivity index (χ3n) is 3.64. The molecule has 0 saturated carbocycles. The summed E-state index contributed by atoms with van der Waals surface area (Å²) in [6.07, 6.45) is 3.03. The van der Waals surface area contributed by atoms with Gasteiger partial charge in [0.05, 0.1) is 12.5 Å². The second kappa shape index (κ2) is 7.42. The van der Waals surface area contributed by atoms with Crippen molar-refractivity contribution in [1.29, 1.82) is 0 Å². The van der Waals surface area contributed by atoms with Gasteiger partial charge in [-0.05, 0) is 48.6 Å². The molecule has 0 bridgehead atoms. The molecule has 1 aromatic heterocycles. The van der Waals surface area contributed by atoms with Crippen LogP contribution in [0.25, 0.3) is 0 Å². The van der Waals surface area contributed by atoms with Gasteiger partial charge in [-0.15, -0.1) is 11.3 Å². The first kappa shape index (κ1) is 15.1. The second-order valence-electron chi connectivity index (χ2n) is 5.40. The number of hydrogen-bond donors (Lipinski definition) is 2. The number of anilines is 2. The topological polar surface area (TPSA) is 50.4 Å². The first-order valence-electron chi connectivity index (χ1n) is 7.57. The smallest absolute Gasteiger partial charge is 0.229 e. The van der Waals surface area contributed by atoms with Gasteiger partial charge in [0.1, 0.15) is 0 Å². The van der Waals surface area contributed by atoms with Crippen LogP contribution in [0.5, 0.6) is 0 Å². The van der Waals surface area contributed by atoms with E-state index in [9.17, 15) is 4.79 Å². The molecule has 1 amide bonds. The highest BCUT2D eigenvalue weighted by atomic mass is 32.1. The first-order chi connectivity index (χ1) is 10.8. The highest BCUT2D eigenvalue weighted by Crippen LogP contribution is 2.17. The van der Waals surface area contributed by atoms with Gasteiger partial charge in [0.25, 0.3) is 0 Å². The van der Waals surface area contributed by atoms with Gasteiger partial charge in [-0.3, -0.25) is 4.79 Å². The molecule has 1 fully saturated rings. The zero-order valence-electron chi connectivity index (χ0n) is 12.4. The molecule has 1 aliphatic rings. The van der Waals surface area contributed by atoms with E-state index in [0.29, 0.717) is 12.5 Å². The number of hydrogen-bond acceptors (Lipinski definition) is 4. The highest BCUT2D eigenvalue weighted by Gasteiger charge is 2.14. The van der Waals surface area contributed by atoms with Gasteiger partial charge in [-0.2, -0.15) is 0 Å². The van der Waals surface area contributed by atoms with Gasteiger partial charge < -0.3 is 15.4 Å². The minimum atomic E-state index is 0.0162. The van der Waals surface area contributed by atoms with E-state index in [1.54, 1.807) is 11.3 Å². The molecule has 5 heteroatoms. The van der Waals surface area contributed by atoms with Crippen molar-refractivity contribution in [3.63, 3.8) is 0 Å². The van der Waals surface area contributed by atoms with E-state index < -0.39 is 0 Å². The maximum absolute atomic E-state index is 11.9. The van der Waals surface area contributed by atoms with Crippen LogP contribution in [0, 0.1) is 0 Å². The largest absolute Gasteiger partial charge is 0.382 e. The normalized spacial score (nSPS) is 17.4. The number of ether oxygens (including phenoxy) is 1. The number of nitrogens with one attached hydrogen (secondary N) is 2. The maximum Gasteiger partial charge on any atom is 0.229 e. The van der Waals surface area contributed by atoms with Crippen molar-refractivity contribution in [3.05, 3.63) is 46.7 Å². The molecule has 0 aliphatic carbocycles. The van der Waals surface area contributed by atoms with Crippen LogP contribution in [-0.4, -0.2) is 25.2 Å². The van der Waals surface area contributed by atoms with Crippen molar-refractivity contribution in [2.24, 2.45) is 0 Å². The fourth-order valence-electron chi connectivity index (χ4n) is 2.49. The van der Waals surface area contributed by atoms with Gasteiger partial charge in [-0.1, -0.05) is 6.07 Å². The lowest BCUT2D eigenvalue weighted by Crippen LogP contribution is -2.18. The lowest BCUT2D eigenvalue weighted by molar-refractivity contribution is -0.115. The third kappa shape index (κ3) is 4.32. The molecule has 1 saturated heterocycles. The van der Waals surface area contributed by atoms with E-state index in [0.717, 1.165) is 42.2 Å². The molecule has 116 valence electrons. The van der Waals surface area contributed by atoms with Crippen LogP contribution in [-0.2, 0) is 16.0 Å². The average Bonchev–Trinajstić information content (AvgIpc) is 3.20. The van der Waals surface area contributed by atoms with Gasteiger partial charge >= 0.3 is 0 Å². The Hall–Kier alpha value is -1.85. The van der Waals surface area contributed by atoms with Crippen molar-refractivity contribution in [3.8, 4) is 0 Å². The molecular formula is C17H20N2O2S. The molecule has 1 unspecified atom stereocenters. The number of carbonyl (C=O) groups is 1. The van der Waals surface area contributed by atoms with Crippen LogP contribution in [0.2, 0.25) is 0 Å². The van der Waals surface area contributed by atoms with Crippen LogP contribution < -0.4 is 10.6 Å². The predicted molar refractivity (Wildman–Crippen MR) is 90.6 cm³/mol. The molecule has 22 heavy (non-hydrogen) atoms. The third-order valence-corrected chi connectivity index (χ3v) is 4.52. The highest BCUT2D eigenvalue weighted by molar-refractivity contribution is 7.10. The minimum Gasteiger partial charge on any atom is -0.382 e. The Labute approximate surface area is 134 Å². The molecule has 2 aromatic rings. The molecule has 1 aliphatic heterocycles. The number of benzene rings is 1. The Bertz CT molecular complexity index is 590. The summed E-state index contributed by atoms with van der Waals surface area (Å²) in [7, 11) is 0. The van der Waals surface area contributed by atoms with Crippen molar-refractivity contribution >= 4 is 28.6 Å². The van der Waals surface area contributed by atoms with E-state index >= 15 is 0 Å². The molecular weight excluding hydrogens is 296 g/mol. The SMILES string of the molecule is O=C(Cc1cccs1)Nc1ccc(NCC2CCCO2)cc1. The summed E-state index contributed by atoms with van der Waals surface area (Å²) in [4.78, 5) is 13.0. The summed E-state index contributed by atoms with van der Waals surface area (Å²) in [6.45, 7) is 1.71. The van der Waals surface area contributed by atoms with Crippen LogP contribution in [0.4, 0.5) is 11.4 Å². The van der Waals surface area contributed by atoms with Crippen molar-refractivity contribution in [2.75, 3.05) is 23.8 Å². The summed E-state index contributed by atoms with van der Waals surface area (Å²) in [5.74, 6) is 0.0162. The monoisotopic (exact) mass is 316 g/mol. The van der Waals surface area contributed by atoms with Crippen LogP contribution in [0.1, 0.15) is 17.7 Å². The molecule has 1 atom stereocenters. The Balaban J connectivity index is 1.47. The zero-order chi connectivity index (χ0) is 15.2. The Morgan fingerprint density at radius 3 is 2.73 bits per heavy atom. The summed E-state index contributed by atoms with van der Waals surface area (Å²) in [5, 5.41) is 8.27. The summed E-state index contributed by atoms with van der Waals surface area (Å²) in [6, 6.07) is 11.7. The number of amides is 1. The lowest BCUT2D eigenvalue weighted by Gasteiger charge is -2.12. The summed E-state index contributed by atoms with van der Waals surface area (Å²) < 4.78 is 5.58. The average molecular weight is 316 g/mol. The van der Waals surface area contributed by atoms with E-state index in [2.05, 4.69) is 10.6 Å². The fraction of sp³-hybridized carbons (Fsp3) is 0.353. The van der Waals surface area contributed by atoms with Crippen molar-refractivity contribution in [2.45, 2.75) is 25.4 Å². The van der Waals surface area contributed by atoms with Crippen LogP contribution >= 0.6 is 11.3 Å². The Kier molecular flexibility index (Phi) is 5.08.